The number of aromatic nitrogens is 1. The number of carbonyl (C=O) groups is 1. The van der Waals surface area contributed by atoms with Gasteiger partial charge in [0, 0.05) is 24.5 Å². The number of pyridine rings is 1. The number of amides is 1. The van der Waals surface area contributed by atoms with Crippen molar-refractivity contribution in [2.45, 2.75) is 24.8 Å². The first-order chi connectivity index (χ1) is 7.29. The van der Waals surface area contributed by atoms with Crippen LogP contribution in [0.25, 0.3) is 0 Å². The van der Waals surface area contributed by atoms with Gasteiger partial charge < -0.3 is 4.90 Å². The summed E-state index contributed by atoms with van der Waals surface area (Å²) in [5.74, 6) is 0.0112. The molecule has 1 saturated heterocycles. The molecule has 2 heterocycles. The molecule has 0 bridgehead atoms. The molecule has 3 nitrogen and oxygen atoms in total. The highest BCUT2D eigenvalue weighted by atomic mass is 35.5. The second-order valence-corrected chi connectivity index (χ2v) is 4.17. The molecule has 1 unspecified atom stereocenters. The van der Waals surface area contributed by atoms with Crippen LogP contribution in [-0.2, 0) is 0 Å². The van der Waals surface area contributed by atoms with Crippen molar-refractivity contribution in [1.82, 2.24) is 9.88 Å². The quantitative estimate of drug-likeness (QED) is 0.542. The summed E-state index contributed by atoms with van der Waals surface area (Å²) in [6.45, 7) is 0.759. The number of hydrogen-bond donors (Lipinski definition) is 0. The van der Waals surface area contributed by atoms with Gasteiger partial charge >= 0.3 is 0 Å². The fraction of sp³-hybridized carbons (Fsp3) is 0.455. The summed E-state index contributed by atoms with van der Waals surface area (Å²) in [6, 6.07) is 3.45. The van der Waals surface area contributed by atoms with Gasteiger partial charge in [0.15, 0.2) is 0 Å². The summed E-state index contributed by atoms with van der Waals surface area (Å²) in [4.78, 5) is 17.6. The molecule has 1 aliphatic heterocycles. The molecule has 0 aliphatic carbocycles. The predicted molar refractivity (Wildman–Crippen MR) is 58.8 cm³/mol. The van der Waals surface area contributed by atoms with E-state index in [9.17, 15) is 4.79 Å². The summed E-state index contributed by atoms with van der Waals surface area (Å²) in [5, 5.41) is 0. The number of alkyl halides is 1. The van der Waals surface area contributed by atoms with Crippen molar-refractivity contribution >= 4 is 17.5 Å². The first-order valence-electron chi connectivity index (χ1n) is 5.14. The Balaban J connectivity index is 2.13. The van der Waals surface area contributed by atoms with E-state index in [0.717, 1.165) is 25.8 Å². The average Bonchev–Trinajstić information content (AvgIpc) is 2.30. The second-order valence-electron chi connectivity index (χ2n) is 3.66. The lowest BCUT2D eigenvalue weighted by Gasteiger charge is -2.31. The normalized spacial score (nSPS) is 21.4. The van der Waals surface area contributed by atoms with Crippen molar-refractivity contribution in [1.29, 1.82) is 0 Å². The van der Waals surface area contributed by atoms with Gasteiger partial charge in [-0.3, -0.25) is 9.78 Å². The minimum Gasteiger partial charge on any atom is -0.322 e. The number of likely N-dealkylation sites (tertiary alicyclic amines) is 1. The Bertz CT molecular complexity index is 342. The van der Waals surface area contributed by atoms with Gasteiger partial charge in [-0.15, -0.1) is 0 Å². The second kappa shape index (κ2) is 4.62. The van der Waals surface area contributed by atoms with E-state index in [1.165, 1.54) is 0 Å². The van der Waals surface area contributed by atoms with E-state index in [2.05, 4.69) is 4.98 Å². The highest BCUT2D eigenvalue weighted by Crippen LogP contribution is 2.21. The van der Waals surface area contributed by atoms with Crippen molar-refractivity contribution in [3.8, 4) is 0 Å². The van der Waals surface area contributed by atoms with Crippen LogP contribution in [0.4, 0.5) is 0 Å². The molecule has 0 aromatic carbocycles. The predicted octanol–water partition coefficient (Wildman–Crippen LogP) is 2.27. The van der Waals surface area contributed by atoms with Crippen molar-refractivity contribution in [3.63, 3.8) is 0 Å². The van der Waals surface area contributed by atoms with Gasteiger partial charge in [-0.05, 0) is 31.4 Å². The molecule has 15 heavy (non-hydrogen) atoms. The van der Waals surface area contributed by atoms with E-state index < -0.39 is 0 Å². The van der Waals surface area contributed by atoms with Crippen LogP contribution in [0.1, 0.15) is 29.6 Å². The molecule has 80 valence electrons. The number of piperidine rings is 1. The number of rotatable bonds is 1. The number of halogens is 1. The van der Waals surface area contributed by atoms with Gasteiger partial charge in [-0.1, -0.05) is 11.6 Å². The van der Waals surface area contributed by atoms with Crippen LogP contribution in [-0.4, -0.2) is 27.8 Å². The van der Waals surface area contributed by atoms with Crippen LogP contribution in [0.15, 0.2) is 24.5 Å². The van der Waals surface area contributed by atoms with Crippen molar-refractivity contribution < 1.29 is 4.79 Å². The molecule has 0 spiro atoms. The first kappa shape index (κ1) is 10.4. The Morgan fingerprint density at radius 2 is 2.13 bits per heavy atom. The maximum atomic E-state index is 12.0. The molecule has 0 saturated carbocycles. The monoisotopic (exact) mass is 224 g/mol. The lowest BCUT2D eigenvalue weighted by Crippen LogP contribution is -2.40. The third-order valence-corrected chi connectivity index (χ3v) is 3.07. The SMILES string of the molecule is O=C(c1ccncc1)N1CCCCC1Cl. The van der Waals surface area contributed by atoms with Crippen molar-refractivity contribution in [3.05, 3.63) is 30.1 Å². The Labute approximate surface area is 94.1 Å². The van der Waals surface area contributed by atoms with Crippen LogP contribution in [0, 0.1) is 0 Å². The summed E-state index contributed by atoms with van der Waals surface area (Å²) in [7, 11) is 0. The Morgan fingerprint density at radius 1 is 1.40 bits per heavy atom. The first-order valence-corrected chi connectivity index (χ1v) is 5.58. The molecule has 0 radical (unpaired) electrons. The van der Waals surface area contributed by atoms with Gasteiger partial charge in [-0.2, -0.15) is 0 Å². The smallest absolute Gasteiger partial charge is 0.255 e. The summed E-state index contributed by atoms with van der Waals surface area (Å²) >= 11 is 6.12. The number of hydrogen-bond acceptors (Lipinski definition) is 2. The van der Waals surface area contributed by atoms with Gasteiger partial charge in [0.2, 0.25) is 0 Å². The topological polar surface area (TPSA) is 33.2 Å². The zero-order valence-corrected chi connectivity index (χ0v) is 9.15. The van der Waals surface area contributed by atoms with Crippen LogP contribution in [0.5, 0.6) is 0 Å². The van der Waals surface area contributed by atoms with Crippen LogP contribution in [0.3, 0.4) is 0 Å². The van der Waals surface area contributed by atoms with Crippen LogP contribution in [0.2, 0.25) is 0 Å². The molecule has 4 heteroatoms. The standard InChI is InChI=1S/C11H13ClN2O/c12-10-3-1-2-8-14(10)11(15)9-4-6-13-7-5-9/h4-7,10H,1-3,8H2. The van der Waals surface area contributed by atoms with Crippen LogP contribution >= 0.6 is 11.6 Å². The van der Waals surface area contributed by atoms with Gasteiger partial charge in [0.05, 0.1) is 0 Å². The molecule has 0 N–H and O–H groups in total. The Hall–Kier alpha value is -1.09. The molecular weight excluding hydrogens is 212 g/mol. The maximum absolute atomic E-state index is 12.0. The molecule has 1 amide bonds. The molecule has 2 rings (SSSR count). The zero-order chi connectivity index (χ0) is 10.7. The van der Waals surface area contributed by atoms with Crippen molar-refractivity contribution in [2.24, 2.45) is 0 Å². The summed E-state index contributed by atoms with van der Waals surface area (Å²) in [5.41, 5.74) is 0.511. The van der Waals surface area contributed by atoms with Gasteiger partial charge in [0.1, 0.15) is 5.50 Å². The van der Waals surface area contributed by atoms with E-state index in [1.807, 2.05) is 0 Å². The van der Waals surface area contributed by atoms with Gasteiger partial charge in [-0.25, -0.2) is 0 Å². The third kappa shape index (κ3) is 2.29. The fourth-order valence-electron chi connectivity index (χ4n) is 1.78. The minimum absolute atomic E-state index is 0.0112. The molecule has 1 aromatic heterocycles. The molecule has 1 aliphatic rings. The average molecular weight is 225 g/mol. The van der Waals surface area contributed by atoms with E-state index in [-0.39, 0.29) is 11.4 Å². The third-order valence-electron chi connectivity index (χ3n) is 2.62. The van der Waals surface area contributed by atoms with E-state index in [1.54, 1.807) is 29.4 Å². The molecule has 1 atom stereocenters. The Kier molecular flexibility index (Phi) is 3.21. The fourth-order valence-corrected chi connectivity index (χ4v) is 2.12. The summed E-state index contributed by atoms with van der Waals surface area (Å²) < 4.78 is 0. The maximum Gasteiger partial charge on any atom is 0.255 e. The summed E-state index contributed by atoms with van der Waals surface area (Å²) in [6.07, 6.45) is 6.29. The Morgan fingerprint density at radius 3 is 2.80 bits per heavy atom. The zero-order valence-electron chi connectivity index (χ0n) is 8.40. The minimum atomic E-state index is -0.153. The lowest BCUT2D eigenvalue weighted by molar-refractivity contribution is 0.0692. The lowest BCUT2D eigenvalue weighted by atomic mass is 10.1. The highest BCUT2D eigenvalue weighted by Gasteiger charge is 2.25. The van der Waals surface area contributed by atoms with E-state index in [4.69, 9.17) is 11.6 Å². The molecule has 1 fully saturated rings. The number of carbonyl (C=O) groups excluding carboxylic acids is 1. The largest absolute Gasteiger partial charge is 0.322 e. The van der Waals surface area contributed by atoms with E-state index >= 15 is 0 Å². The van der Waals surface area contributed by atoms with Crippen molar-refractivity contribution in [2.75, 3.05) is 6.54 Å². The van der Waals surface area contributed by atoms with E-state index in [0.29, 0.717) is 5.56 Å². The highest BCUT2D eigenvalue weighted by molar-refractivity contribution is 6.21. The molecular formula is C11H13ClN2O. The number of nitrogens with zero attached hydrogens (tertiary/aromatic N) is 2. The van der Waals surface area contributed by atoms with Gasteiger partial charge in [0.25, 0.3) is 5.91 Å². The molecule has 1 aromatic rings. The van der Waals surface area contributed by atoms with Crippen LogP contribution < -0.4 is 0 Å².